The standard InChI is InChI=1S/C25H23N3O/c1-2-13-27-17-21(15-24(27)29)25-26-22-9-5-6-10-23(22)28(25)16-18-11-12-19-7-3-4-8-20(19)14-18/h2-12,14,21H,1,13,15-17H2/t21-/m1/s1. The number of hydrogen-bond acceptors (Lipinski definition) is 2. The summed E-state index contributed by atoms with van der Waals surface area (Å²) in [4.78, 5) is 19.2. The molecular formula is C25H23N3O. The van der Waals surface area contributed by atoms with Crippen LogP contribution in [0.15, 0.2) is 79.4 Å². The van der Waals surface area contributed by atoms with Crippen molar-refractivity contribution in [3.05, 3.63) is 90.8 Å². The maximum atomic E-state index is 12.4. The molecule has 5 rings (SSSR count). The van der Waals surface area contributed by atoms with Crippen LogP contribution in [0.3, 0.4) is 0 Å². The predicted octanol–water partition coefficient (Wildman–Crippen LogP) is 4.74. The molecule has 1 aliphatic heterocycles. The highest BCUT2D eigenvalue weighted by Crippen LogP contribution is 2.31. The fourth-order valence-corrected chi connectivity index (χ4v) is 4.37. The molecule has 29 heavy (non-hydrogen) atoms. The number of amides is 1. The summed E-state index contributed by atoms with van der Waals surface area (Å²) >= 11 is 0. The van der Waals surface area contributed by atoms with Crippen LogP contribution in [0.25, 0.3) is 21.8 Å². The molecule has 0 saturated carbocycles. The Hall–Kier alpha value is -3.40. The van der Waals surface area contributed by atoms with E-state index < -0.39 is 0 Å². The molecule has 4 nitrogen and oxygen atoms in total. The molecule has 1 fully saturated rings. The van der Waals surface area contributed by atoms with Crippen LogP contribution in [0.2, 0.25) is 0 Å². The van der Waals surface area contributed by atoms with Crippen molar-refractivity contribution in [2.75, 3.05) is 13.1 Å². The van der Waals surface area contributed by atoms with Gasteiger partial charge < -0.3 is 9.47 Å². The molecule has 144 valence electrons. The van der Waals surface area contributed by atoms with Gasteiger partial charge in [-0.05, 0) is 34.5 Å². The van der Waals surface area contributed by atoms with Gasteiger partial charge in [-0.1, -0.05) is 54.6 Å². The lowest BCUT2D eigenvalue weighted by Crippen LogP contribution is -2.25. The van der Waals surface area contributed by atoms with Crippen LogP contribution >= 0.6 is 0 Å². The van der Waals surface area contributed by atoms with E-state index in [4.69, 9.17) is 4.98 Å². The molecule has 2 heterocycles. The first-order valence-corrected chi connectivity index (χ1v) is 10.0. The number of rotatable bonds is 5. The van der Waals surface area contributed by atoms with Crippen molar-refractivity contribution in [3.63, 3.8) is 0 Å². The van der Waals surface area contributed by atoms with Crippen molar-refractivity contribution in [2.45, 2.75) is 18.9 Å². The van der Waals surface area contributed by atoms with E-state index in [1.807, 2.05) is 17.0 Å². The summed E-state index contributed by atoms with van der Waals surface area (Å²) in [5.41, 5.74) is 3.34. The molecule has 0 bridgehead atoms. The molecule has 0 aliphatic carbocycles. The number of hydrogen-bond donors (Lipinski definition) is 0. The van der Waals surface area contributed by atoms with Crippen molar-refractivity contribution >= 4 is 27.7 Å². The first kappa shape index (κ1) is 17.7. The van der Waals surface area contributed by atoms with Crippen LogP contribution in [0.1, 0.15) is 23.7 Å². The Morgan fingerprint density at radius 3 is 2.69 bits per heavy atom. The van der Waals surface area contributed by atoms with Crippen LogP contribution in [-0.2, 0) is 11.3 Å². The summed E-state index contributed by atoms with van der Waals surface area (Å²) in [5.74, 6) is 1.29. The van der Waals surface area contributed by atoms with Crippen LogP contribution in [0, 0.1) is 0 Å². The minimum Gasteiger partial charge on any atom is -0.338 e. The Balaban J connectivity index is 1.56. The van der Waals surface area contributed by atoms with Gasteiger partial charge in [0, 0.05) is 32.0 Å². The number of carbonyl (C=O) groups is 1. The molecule has 0 spiro atoms. The zero-order valence-electron chi connectivity index (χ0n) is 16.3. The van der Waals surface area contributed by atoms with E-state index >= 15 is 0 Å². The lowest BCUT2D eigenvalue weighted by molar-refractivity contribution is -0.127. The van der Waals surface area contributed by atoms with Gasteiger partial charge in [0.1, 0.15) is 5.82 Å². The van der Waals surface area contributed by atoms with Gasteiger partial charge in [-0.15, -0.1) is 6.58 Å². The molecular weight excluding hydrogens is 358 g/mol. The van der Waals surface area contributed by atoms with Gasteiger partial charge in [0.2, 0.25) is 5.91 Å². The smallest absolute Gasteiger partial charge is 0.223 e. The SMILES string of the molecule is C=CCN1C[C@H](c2nc3ccccc3n2Cc2ccc3ccccc3c2)CC1=O. The summed E-state index contributed by atoms with van der Waals surface area (Å²) < 4.78 is 2.29. The van der Waals surface area contributed by atoms with Crippen LogP contribution in [-0.4, -0.2) is 33.4 Å². The third-order valence-electron chi connectivity index (χ3n) is 5.77. The molecule has 1 aromatic heterocycles. The lowest BCUT2D eigenvalue weighted by atomic mass is 10.1. The molecule has 0 radical (unpaired) electrons. The average Bonchev–Trinajstić information content (AvgIpc) is 3.29. The third kappa shape index (κ3) is 3.21. The number of likely N-dealkylation sites (tertiary alicyclic amines) is 1. The summed E-state index contributed by atoms with van der Waals surface area (Å²) in [6.45, 7) is 5.82. The Labute approximate surface area is 170 Å². The first-order chi connectivity index (χ1) is 14.2. The maximum Gasteiger partial charge on any atom is 0.223 e. The number of para-hydroxylation sites is 2. The van der Waals surface area contributed by atoms with Gasteiger partial charge in [0.05, 0.1) is 11.0 Å². The molecule has 1 aliphatic rings. The van der Waals surface area contributed by atoms with Crippen molar-refractivity contribution in [2.24, 2.45) is 0 Å². The normalized spacial score (nSPS) is 16.8. The minimum absolute atomic E-state index is 0.107. The Bertz CT molecular complexity index is 1220. The highest BCUT2D eigenvalue weighted by molar-refractivity contribution is 5.83. The fourth-order valence-electron chi connectivity index (χ4n) is 4.37. The molecule has 0 N–H and O–H groups in total. The van der Waals surface area contributed by atoms with Crippen LogP contribution in [0.4, 0.5) is 0 Å². The van der Waals surface area contributed by atoms with Gasteiger partial charge in [-0.25, -0.2) is 4.98 Å². The molecule has 1 atom stereocenters. The topological polar surface area (TPSA) is 38.1 Å². The Kier molecular flexibility index (Phi) is 4.39. The van der Waals surface area contributed by atoms with E-state index in [-0.39, 0.29) is 11.8 Å². The van der Waals surface area contributed by atoms with E-state index in [0.717, 1.165) is 23.4 Å². The zero-order chi connectivity index (χ0) is 19.8. The highest BCUT2D eigenvalue weighted by Gasteiger charge is 2.33. The zero-order valence-corrected chi connectivity index (χ0v) is 16.3. The predicted molar refractivity (Wildman–Crippen MR) is 117 cm³/mol. The quantitative estimate of drug-likeness (QED) is 0.468. The maximum absolute atomic E-state index is 12.4. The monoisotopic (exact) mass is 381 g/mol. The van der Waals surface area contributed by atoms with Crippen molar-refractivity contribution < 1.29 is 4.79 Å². The average molecular weight is 381 g/mol. The summed E-state index contributed by atoms with van der Waals surface area (Å²) in [6, 6.07) is 23.3. The number of imidazole rings is 1. The minimum atomic E-state index is 0.107. The number of carbonyl (C=O) groups excluding carboxylic acids is 1. The van der Waals surface area contributed by atoms with E-state index in [0.29, 0.717) is 19.5 Å². The van der Waals surface area contributed by atoms with Crippen molar-refractivity contribution in [1.29, 1.82) is 0 Å². The van der Waals surface area contributed by atoms with Gasteiger partial charge >= 0.3 is 0 Å². The fraction of sp³-hybridized carbons (Fsp3) is 0.200. The highest BCUT2D eigenvalue weighted by atomic mass is 16.2. The molecule has 0 unspecified atom stereocenters. The number of nitrogens with zero attached hydrogens (tertiary/aromatic N) is 3. The lowest BCUT2D eigenvalue weighted by Gasteiger charge is -2.16. The second-order valence-corrected chi connectivity index (χ2v) is 7.71. The van der Waals surface area contributed by atoms with Gasteiger partial charge in [0.15, 0.2) is 0 Å². The van der Waals surface area contributed by atoms with Crippen LogP contribution in [0.5, 0.6) is 0 Å². The summed E-state index contributed by atoms with van der Waals surface area (Å²) in [7, 11) is 0. The second kappa shape index (κ2) is 7.21. The molecule has 4 aromatic rings. The van der Waals surface area contributed by atoms with E-state index in [1.54, 1.807) is 6.08 Å². The molecule has 4 heteroatoms. The summed E-state index contributed by atoms with van der Waals surface area (Å²) in [6.07, 6.45) is 2.30. The number of benzene rings is 3. The van der Waals surface area contributed by atoms with Crippen molar-refractivity contribution in [3.8, 4) is 0 Å². The van der Waals surface area contributed by atoms with Crippen LogP contribution < -0.4 is 0 Å². The first-order valence-electron chi connectivity index (χ1n) is 10.0. The van der Waals surface area contributed by atoms with E-state index in [9.17, 15) is 4.79 Å². The Morgan fingerprint density at radius 1 is 1.03 bits per heavy atom. The Morgan fingerprint density at radius 2 is 1.83 bits per heavy atom. The third-order valence-corrected chi connectivity index (χ3v) is 5.77. The largest absolute Gasteiger partial charge is 0.338 e. The van der Waals surface area contributed by atoms with E-state index in [1.165, 1.54) is 16.3 Å². The molecule has 3 aromatic carbocycles. The van der Waals surface area contributed by atoms with Gasteiger partial charge in [-0.2, -0.15) is 0 Å². The van der Waals surface area contributed by atoms with Crippen molar-refractivity contribution in [1.82, 2.24) is 14.5 Å². The number of aromatic nitrogens is 2. The summed E-state index contributed by atoms with van der Waals surface area (Å²) in [5, 5.41) is 2.48. The number of fused-ring (bicyclic) bond motifs is 2. The second-order valence-electron chi connectivity index (χ2n) is 7.71. The molecule has 1 saturated heterocycles. The molecule has 1 amide bonds. The van der Waals surface area contributed by atoms with Gasteiger partial charge in [0.25, 0.3) is 0 Å². The van der Waals surface area contributed by atoms with Gasteiger partial charge in [-0.3, -0.25) is 4.79 Å². The van der Waals surface area contributed by atoms with E-state index in [2.05, 4.69) is 65.7 Å².